The minimum atomic E-state index is -0.840. The second kappa shape index (κ2) is 7.09. The molecule has 0 radical (unpaired) electrons. The van der Waals surface area contributed by atoms with Gasteiger partial charge in [-0.3, -0.25) is 9.59 Å². The summed E-state index contributed by atoms with van der Waals surface area (Å²) in [4.78, 5) is 30.0. The first kappa shape index (κ1) is 17.2. The van der Waals surface area contributed by atoms with E-state index in [9.17, 15) is 14.7 Å². The number of carboxylic acids is 1. The second-order valence-corrected chi connectivity index (χ2v) is 6.74. The second-order valence-electron chi connectivity index (χ2n) is 6.74. The number of amides is 1. The Kier molecular flexibility index (Phi) is 4.88. The lowest BCUT2D eigenvalue weighted by molar-refractivity contribution is -0.146. The van der Waals surface area contributed by atoms with E-state index in [0.717, 1.165) is 5.56 Å². The fourth-order valence-electron chi connectivity index (χ4n) is 3.29. The number of piperidine rings is 1. The molecule has 0 aliphatic carbocycles. The summed E-state index contributed by atoms with van der Waals surface area (Å²) in [6.07, 6.45) is 0.738. The molecule has 1 saturated heterocycles. The zero-order valence-corrected chi connectivity index (χ0v) is 14.4. The number of likely N-dealkylation sites (tertiary alicyclic amines) is 1. The van der Waals surface area contributed by atoms with Crippen molar-refractivity contribution in [1.82, 2.24) is 9.88 Å². The number of aryl methyl sites for hydroxylation is 1. The van der Waals surface area contributed by atoms with Crippen molar-refractivity contribution in [3.63, 3.8) is 0 Å². The van der Waals surface area contributed by atoms with Crippen molar-refractivity contribution in [3.05, 3.63) is 41.8 Å². The molecule has 1 aliphatic heterocycles. The van der Waals surface area contributed by atoms with Crippen LogP contribution in [0.15, 0.2) is 34.7 Å². The maximum absolute atomic E-state index is 12.6. The zero-order valence-electron chi connectivity index (χ0n) is 14.4. The maximum atomic E-state index is 12.6. The predicted octanol–water partition coefficient (Wildman–Crippen LogP) is 2.76. The summed E-state index contributed by atoms with van der Waals surface area (Å²) in [6, 6.07) is 9.53. The number of benzene rings is 1. The van der Waals surface area contributed by atoms with Gasteiger partial charge in [0, 0.05) is 18.7 Å². The number of aromatic nitrogens is 1. The first-order valence-electron chi connectivity index (χ1n) is 8.46. The summed E-state index contributed by atoms with van der Waals surface area (Å²) in [5.41, 5.74) is 1.47. The molecular formula is C19H22N2O4. The van der Waals surface area contributed by atoms with E-state index in [4.69, 9.17) is 4.42 Å². The Hall–Kier alpha value is -2.63. The van der Waals surface area contributed by atoms with E-state index in [1.54, 1.807) is 11.8 Å². The molecule has 3 rings (SSSR count). The van der Waals surface area contributed by atoms with Gasteiger partial charge in [0.2, 0.25) is 11.8 Å². The third-order valence-corrected chi connectivity index (χ3v) is 4.59. The average Bonchev–Trinajstić information content (AvgIpc) is 2.96. The lowest BCUT2D eigenvalue weighted by Gasteiger charge is -2.34. The number of rotatable bonds is 4. The lowest BCUT2D eigenvalue weighted by atomic mass is 9.90. The summed E-state index contributed by atoms with van der Waals surface area (Å²) in [5, 5.41) is 9.25. The van der Waals surface area contributed by atoms with Crippen LogP contribution in [0.3, 0.4) is 0 Å². The highest BCUT2D eigenvalue weighted by atomic mass is 16.4. The Balaban J connectivity index is 1.73. The SMILES string of the molecule is Cc1oc(-c2ccccc2)nc1CC(=O)N1CC(C)CC(C(=O)O)C1. The molecule has 1 aromatic heterocycles. The summed E-state index contributed by atoms with van der Waals surface area (Å²) >= 11 is 0. The van der Waals surface area contributed by atoms with Crippen LogP contribution in [0.5, 0.6) is 0 Å². The molecule has 0 bridgehead atoms. The van der Waals surface area contributed by atoms with Crippen molar-refractivity contribution in [2.45, 2.75) is 26.7 Å². The van der Waals surface area contributed by atoms with Crippen LogP contribution in [-0.2, 0) is 16.0 Å². The van der Waals surface area contributed by atoms with E-state index >= 15 is 0 Å². The van der Waals surface area contributed by atoms with Crippen LogP contribution in [0, 0.1) is 18.8 Å². The fraction of sp³-hybridized carbons (Fsp3) is 0.421. The largest absolute Gasteiger partial charge is 0.481 e. The van der Waals surface area contributed by atoms with Crippen LogP contribution in [-0.4, -0.2) is 40.0 Å². The molecule has 1 fully saturated rings. The molecule has 1 amide bonds. The van der Waals surface area contributed by atoms with Gasteiger partial charge in [-0.05, 0) is 31.4 Å². The minimum Gasteiger partial charge on any atom is -0.481 e. The molecule has 6 nitrogen and oxygen atoms in total. The van der Waals surface area contributed by atoms with E-state index in [0.29, 0.717) is 30.3 Å². The molecule has 6 heteroatoms. The van der Waals surface area contributed by atoms with E-state index in [1.807, 2.05) is 37.3 Å². The summed E-state index contributed by atoms with van der Waals surface area (Å²) in [6.45, 7) is 4.62. The Bertz CT molecular complexity index is 769. The molecule has 1 N–H and O–H groups in total. The fourth-order valence-corrected chi connectivity index (χ4v) is 3.29. The number of carbonyl (C=O) groups is 2. The molecule has 1 aromatic carbocycles. The summed E-state index contributed by atoms with van der Waals surface area (Å²) in [5.74, 6) is -0.145. The Labute approximate surface area is 146 Å². The molecular weight excluding hydrogens is 320 g/mol. The van der Waals surface area contributed by atoms with Gasteiger partial charge in [0.05, 0.1) is 18.0 Å². The molecule has 0 saturated carbocycles. The first-order valence-corrected chi connectivity index (χ1v) is 8.46. The zero-order chi connectivity index (χ0) is 18.0. The van der Waals surface area contributed by atoms with Crippen molar-refractivity contribution >= 4 is 11.9 Å². The van der Waals surface area contributed by atoms with Gasteiger partial charge >= 0.3 is 5.97 Å². The van der Waals surface area contributed by atoms with Crippen molar-refractivity contribution in [1.29, 1.82) is 0 Å². The number of nitrogens with zero attached hydrogens (tertiary/aromatic N) is 2. The van der Waals surface area contributed by atoms with Crippen LogP contribution in [0.2, 0.25) is 0 Å². The quantitative estimate of drug-likeness (QED) is 0.924. The monoisotopic (exact) mass is 342 g/mol. The number of aliphatic carboxylic acids is 1. The van der Waals surface area contributed by atoms with Crippen LogP contribution < -0.4 is 0 Å². The normalized spacial score (nSPS) is 20.5. The highest BCUT2D eigenvalue weighted by molar-refractivity contribution is 5.80. The van der Waals surface area contributed by atoms with Gasteiger partial charge in [0.15, 0.2) is 0 Å². The standard InChI is InChI=1S/C19H22N2O4/c1-12-8-15(19(23)24)11-21(10-12)17(22)9-16-13(2)25-18(20-16)14-6-4-3-5-7-14/h3-7,12,15H,8-11H2,1-2H3,(H,23,24). The molecule has 0 spiro atoms. The third-order valence-electron chi connectivity index (χ3n) is 4.59. The van der Waals surface area contributed by atoms with Gasteiger partial charge in [0.25, 0.3) is 0 Å². The van der Waals surface area contributed by atoms with E-state index in [-0.39, 0.29) is 24.8 Å². The molecule has 2 heterocycles. The minimum absolute atomic E-state index is 0.103. The van der Waals surface area contributed by atoms with Crippen molar-refractivity contribution in [2.75, 3.05) is 13.1 Å². The molecule has 2 aromatic rings. The molecule has 2 atom stereocenters. The predicted molar refractivity (Wildman–Crippen MR) is 91.9 cm³/mol. The van der Waals surface area contributed by atoms with Crippen molar-refractivity contribution in [2.24, 2.45) is 11.8 Å². The van der Waals surface area contributed by atoms with Crippen molar-refractivity contribution in [3.8, 4) is 11.5 Å². The number of carbonyl (C=O) groups excluding carboxylic acids is 1. The Morgan fingerprint density at radius 1 is 1.28 bits per heavy atom. The summed E-state index contributed by atoms with van der Waals surface area (Å²) < 4.78 is 5.69. The van der Waals surface area contributed by atoms with Gasteiger partial charge in [-0.25, -0.2) is 4.98 Å². The topological polar surface area (TPSA) is 83.6 Å². The number of oxazole rings is 1. The maximum Gasteiger partial charge on any atom is 0.308 e. The van der Waals surface area contributed by atoms with E-state index in [1.165, 1.54) is 0 Å². The van der Waals surface area contributed by atoms with Gasteiger partial charge < -0.3 is 14.4 Å². The third kappa shape index (κ3) is 3.90. The van der Waals surface area contributed by atoms with Crippen molar-refractivity contribution < 1.29 is 19.1 Å². The smallest absolute Gasteiger partial charge is 0.308 e. The highest BCUT2D eigenvalue weighted by Crippen LogP contribution is 2.24. The first-order chi connectivity index (χ1) is 11.9. The van der Waals surface area contributed by atoms with Gasteiger partial charge in [0.1, 0.15) is 5.76 Å². The Morgan fingerprint density at radius 2 is 2.00 bits per heavy atom. The molecule has 1 aliphatic rings. The van der Waals surface area contributed by atoms with Gasteiger partial charge in [-0.15, -0.1) is 0 Å². The van der Waals surface area contributed by atoms with Crippen LogP contribution >= 0.6 is 0 Å². The van der Waals surface area contributed by atoms with Crippen LogP contribution in [0.4, 0.5) is 0 Å². The average molecular weight is 342 g/mol. The number of hydrogen-bond donors (Lipinski definition) is 1. The molecule has 2 unspecified atom stereocenters. The number of carboxylic acid groups (broad SMARTS) is 1. The van der Waals surface area contributed by atoms with Crippen LogP contribution in [0.1, 0.15) is 24.8 Å². The van der Waals surface area contributed by atoms with Gasteiger partial charge in [-0.2, -0.15) is 0 Å². The van der Waals surface area contributed by atoms with Crippen LogP contribution in [0.25, 0.3) is 11.5 Å². The molecule has 25 heavy (non-hydrogen) atoms. The highest BCUT2D eigenvalue weighted by Gasteiger charge is 2.32. The van der Waals surface area contributed by atoms with Gasteiger partial charge in [-0.1, -0.05) is 25.1 Å². The van der Waals surface area contributed by atoms with E-state index < -0.39 is 11.9 Å². The summed E-state index contributed by atoms with van der Waals surface area (Å²) in [7, 11) is 0. The molecule has 132 valence electrons. The number of hydrogen-bond acceptors (Lipinski definition) is 4. The Morgan fingerprint density at radius 3 is 2.68 bits per heavy atom. The lowest BCUT2D eigenvalue weighted by Crippen LogP contribution is -2.46. The van der Waals surface area contributed by atoms with E-state index in [2.05, 4.69) is 4.98 Å².